The van der Waals surface area contributed by atoms with E-state index in [1.165, 1.54) is 13.1 Å². The predicted molar refractivity (Wildman–Crippen MR) is 94.5 cm³/mol. The fourth-order valence-corrected chi connectivity index (χ4v) is 5.57. The summed E-state index contributed by atoms with van der Waals surface area (Å²) in [7, 11) is -2.71. The molecule has 0 spiro atoms. The molecule has 2 amide bonds. The van der Waals surface area contributed by atoms with E-state index in [2.05, 4.69) is 21.2 Å². The molecule has 9 heteroatoms. The molecule has 1 aliphatic heterocycles. The van der Waals surface area contributed by atoms with Crippen LogP contribution in [0.1, 0.15) is 15.7 Å². The molecule has 1 aromatic heterocycles. The molecule has 3 rings (SSSR count). The number of thiophene rings is 1. The van der Waals surface area contributed by atoms with Gasteiger partial charge >= 0.3 is 0 Å². The van der Waals surface area contributed by atoms with Gasteiger partial charge in [-0.15, -0.1) is 11.3 Å². The van der Waals surface area contributed by atoms with Crippen molar-refractivity contribution in [3.05, 3.63) is 44.6 Å². The van der Waals surface area contributed by atoms with Gasteiger partial charge in [-0.2, -0.15) is 0 Å². The zero-order chi connectivity index (χ0) is 17.6. The number of likely N-dealkylation sites (N-methyl/N-ethyl adjacent to an activating group) is 1. The summed E-state index contributed by atoms with van der Waals surface area (Å²) in [5, 5.41) is 2.67. The van der Waals surface area contributed by atoms with Crippen molar-refractivity contribution >= 4 is 54.8 Å². The van der Waals surface area contributed by atoms with Gasteiger partial charge in [-0.25, -0.2) is 12.7 Å². The molecule has 6 nitrogen and oxygen atoms in total. The molecule has 0 bridgehead atoms. The van der Waals surface area contributed by atoms with Crippen LogP contribution >= 0.6 is 27.3 Å². The minimum atomic E-state index is -3.89. The van der Waals surface area contributed by atoms with Crippen molar-refractivity contribution in [3.8, 4) is 0 Å². The maximum atomic E-state index is 12.6. The van der Waals surface area contributed by atoms with Gasteiger partial charge in [-0.3, -0.25) is 9.59 Å². The number of benzene rings is 1. The quantitative estimate of drug-likeness (QED) is 0.745. The summed E-state index contributed by atoms with van der Waals surface area (Å²) in [6.07, 6.45) is 0. The molecule has 2 heterocycles. The molecule has 0 fully saturated rings. The second-order valence-electron chi connectivity index (χ2n) is 5.33. The summed E-state index contributed by atoms with van der Waals surface area (Å²) in [4.78, 5) is 26.1. The second kappa shape index (κ2) is 5.98. The highest BCUT2D eigenvalue weighted by Gasteiger charge is 2.46. The number of carbonyl (C=O) groups excluding carboxylic acids is 2. The molecular formula is C15H13BrN2O4S2. The summed E-state index contributed by atoms with van der Waals surface area (Å²) in [6.45, 7) is 1.74. The van der Waals surface area contributed by atoms with E-state index in [-0.39, 0.29) is 9.77 Å². The van der Waals surface area contributed by atoms with Gasteiger partial charge in [0.25, 0.3) is 15.9 Å². The van der Waals surface area contributed by atoms with Gasteiger partial charge in [0.1, 0.15) is 4.90 Å². The zero-order valence-corrected chi connectivity index (χ0v) is 16.0. The van der Waals surface area contributed by atoms with Crippen LogP contribution in [0.3, 0.4) is 0 Å². The smallest absolute Gasteiger partial charge is 0.267 e. The van der Waals surface area contributed by atoms with Crippen LogP contribution in [0, 0.1) is 6.92 Å². The van der Waals surface area contributed by atoms with E-state index in [1.54, 1.807) is 31.2 Å². The van der Waals surface area contributed by atoms with E-state index in [4.69, 9.17) is 0 Å². The Bertz CT molecular complexity index is 935. The maximum Gasteiger partial charge on any atom is 0.267 e. The number of anilines is 1. The lowest BCUT2D eigenvalue weighted by Crippen LogP contribution is -2.45. The Hall–Kier alpha value is -1.71. The van der Waals surface area contributed by atoms with Crippen molar-refractivity contribution in [2.75, 3.05) is 12.4 Å². The van der Waals surface area contributed by atoms with Crippen LogP contribution in [0.25, 0.3) is 0 Å². The van der Waals surface area contributed by atoms with Gasteiger partial charge in [0, 0.05) is 27.0 Å². The van der Waals surface area contributed by atoms with Gasteiger partial charge in [0.05, 0.1) is 0 Å². The molecule has 0 saturated heterocycles. The number of aryl methyl sites for hydroxylation is 1. The number of hydrogen-bond acceptors (Lipinski definition) is 5. The Morgan fingerprint density at radius 1 is 1.29 bits per heavy atom. The van der Waals surface area contributed by atoms with Crippen LogP contribution < -0.4 is 5.32 Å². The lowest BCUT2D eigenvalue weighted by Gasteiger charge is -2.28. The Kier molecular flexibility index (Phi) is 4.27. The number of hydrogen-bond donors (Lipinski definition) is 1. The van der Waals surface area contributed by atoms with E-state index in [1.807, 2.05) is 0 Å². The molecule has 2 aromatic rings. The zero-order valence-electron chi connectivity index (χ0n) is 12.7. The molecule has 126 valence electrons. The number of sulfonamides is 1. The number of nitrogens with one attached hydrogen (secondary N) is 1. The fraction of sp³-hybridized carbons (Fsp3) is 0.200. The van der Waals surface area contributed by atoms with Gasteiger partial charge in [-0.1, -0.05) is 15.9 Å². The third-order valence-electron chi connectivity index (χ3n) is 3.68. The first kappa shape index (κ1) is 17.1. The van der Waals surface area contributed by atoms with Crippen LogP contribution in [0.5, 0.6) is 0 Å². The molecule has 0 saturated carbocycles. The lowest BCUT2D eigenvalue weighted by molar-refractivity contribution is -0.132. The first-order chi connectivity index (χ1) is 11.2. The number of fused-ring (bicyclic) bond motifs is 1. The van der Waals surface area contributed by atoms with Crippen molar-refractivity contribution in [2.45, 2.75) is 17.7 Å². The summed E-state index contributed by atoms with van der Waals surface area (Å²) in [5.41, 5.74) is 0.530. The SMILES string of the molecule is Cc1cc2c(s1)C(C(=O)Nc1ccc(Br)cc1)C(=O)N(C)S2(=O)=O. The van der Waals surface area contributed by atoms with Gasteiger partial charge in [0.15, 0.2) is 5.92 Å². The Balaban J connectivity index is 2.01. The van der Waals surface area contributed by atoms with E-state index in [0.717, 1.165) is 20.7 Å². The second-order valence-corrected chi connectivity index (χ2v) is 9.47. The Morgan fingerprint density at radius 3 is 2.54 bits per heavy atom. The van der Waals surface area contributed by atoms with Crippen molar-refractivity contribution in [3.63, 3.8) is 0 Å². The van der Waals surface area contributed by atoms with E-state index < -0.39 is 27.8 Å². The molecule has 1 unspecified atom stereocenters. The van der Waals surface area contributed by atoms with Crippen molar-refractivity contribution in [1.29, 1.82) is 0 Å². The van der Waals surface area contributed by atoms with Crippen molar-refractivity contribution in [2.24, 2.45) is 0 Å². The minimum absolute atomic E-state index is 0.0306. The van der Waals surface area contributed by atoms with Gasteiger partial charge in [-0.05, 0) is 37.3 Å². The average Bonchev–Trinajstić information content (AvgIpc) is 2.90. The highest BCUT2D eigenvalue weighted by atomic mass is 79.9. The van der Waals surface area contributed by atoms with E-state index in [9.17, 15) is 18.0 Å². The minimum Gasteiger partial charge on any atom is -0.325 e. The van der Waals surface area contributed by atoms with Crippen LogP contribution in [-0.4, -0.2) is 31.6 Å². The number of carbonyl (C=O) groups is 2. The summed E-state index contributed by atoms with van der Waals surface area (Å²) >= 11 is 4.46. The molecule has 1 aromatic carbocycles. The molecule has 24 heavy (non-hydrogen) atoms. The standard InChI is InChI=1S/C15H13BrN2O4S2/c1-8-7-11-13(23-8)12(15(20)18(2)24(11,21)22)14(19)17-10-5-3-9(16)4-6-10/h3-7,12H,1-2H3,(H,17,19). The monoisotopic (exact) mass is 428 g/mol. The lowest BCUT2D eigenvalue weighted by atomic mass is 10.1. The van der Waals surface area contributed by atoms with Crippen LogP contribution in [0.2, 0.25) is 0 Å². The number of rotatable bonds is 2. The number of amides is 2. The summed E-state index contributed by atoms with van der Waals surface area (Å²) < 4.78 is 26.2. The molecule has 1 aliphatic rings. The van der Waals surface area contributed by atoms with Crippen molar-refractivity contribution < 1.29 is 18.0 Å². The maximum absolute atomic E-state index is 12.6. The summed E-state index contributed by atoms with van der Waals surface area (Å²) in [5.74, 6) is -2.47. The molecule has 0 radical (unpaired) electrons. The Morgan fingerprint density at radius 2 is 1.92 bits per heavy atom. The topological polar surface area (TPSA) is 83.6 Å². The highest BCUT2D eigenvalue weighted by molar-refractivity contribution is 9.10. The number of nitrogens with zero attached hydrogens (tertiary/aromatic N) is 1. The van der Waals surface area contributed by atoms with Crippen molar-refractivity contribution in [1.82, 2.24) is 4.31 Å². The largest absolute Gasteiger partial charge is 0.325 e. The average molecular weight is 429 g/mol. The van der Waals surface area contributed by atoms with Crippen LogP contribution in [0.4, 0.5) is 5.69 Å². The first-order valence-corrected chi connectivity index (χ1v) is 9.96. The highest BCUT2D eigenvalue weighted by Crippen LogP contribution is 2.40. The van der Waals surface area contributed by atoms with E-state index >= 15 is 0 Å². The van der Waals surface area contributed by atoms with Gasteiger partial charge < -0.3 is 5.32 Å². The predicted octanol–water partition coefficient (Wildman–Crippen LogP) is 2.70. The van der Waals surface area contributed by atoms with Gasteiger partial charge in [0.2, 0.25) is 5.91 Å². The first-order valence-electron chi connectivity index (χ1n) is 6.91. The Labute approximate surface area is 151 Å². The van der Waals surface area contributed by atoms with E-state index in [0.29, 0.717) is 9.99 Å². The van der Waals surface area contributed by atoms with Crippen LogP contribution in [-0.2, 0) is 19.6 Å². The fourth-order valence-electron chi connectivity index (χ4n) is 2.45. The molecule has 1 N–H and O–H groups in total. The summed E-state index contributed by atoms with van der Waals surface area (Å²) in [6, 6.07) is 8.40. The molecule has 1 atom stereocenters. The normalized spacial score (nSPS) is 19.0. The molecule has 0 aliphatic carbocycles. The third kappa shape index (κ3) is 2.76. The van der Waals surface area contributed by atoms with Crippen LogP contribution in [0.15, 0.2) is 39.7 Å². The third-order valence-corrected chi connectivity index (χ3v) is 7.25. The molecular weight excluding hydrogens is 416 g/mol. The number of halogens is 1.